The van der Waals surface area contributed by atoms with Gasteiger partial charge < -0.3 is 15.6 Å². The van der Waals surface area contributed by atoms with Crippen LogP contribution in [0.4, 0.5) is 4.39 Å². The zero-order valence-corrected chi connectivity index (χ0v) is 15.3. The monoisotopic (exact) mass is 367 g/mol. The molecule has 0 unspecified atom stereocenters. The molecule has 5 nitrogen and oxygen atoms in total. The molecule has 140 valence electrons. The summed E-state index contributed by atoms with van der Waals surface area (Å²) in [6.07, 6.45) is 1.75. The number of para-hydroxylation sites is 1. The molecule has 1 aromatic heterocycles. The molecule has 0 saturated heterocycles. The maximum absolute atomic E-state index is 13.1. The van der Waals surface area contributed by atoms with Gasteiger partial charge in [0.1, 0.15) is 11.9 Å². The number of hydrogen-bond donors (Lipinski definition) is 2. The number of amides is 2. The second-order valence-electron chi connectivity index (χ2n) is 6.91. The molecule has 3 rings (SSSR count). The molecule has 3 aromatic rings. The number of hydrogen-bond acceptors (Lipinski definition) is 2. The summed E-state index contributed by atoms with van der Waals surface area (Å²) in [7, 11) is 0. The van der Waals surface area contributed by atoms with Crippen molar-refractivity contribution in [3.8, 4) is 0 Å². The molecule has 0 fully saturated rings. The summed E-state index contributed by atoms with van der Waals surface area (Å²) in [6.45, 7) is 4.15. The molecular weight excluding hydrogens is 345 g/mol. The Balaban J connectivity index is 1.95. The lowest BCUT2D eigenvalue weighted by atomic mass is 10.0. The molecule has 6 heteroatoms. The van der Waals surface area contributed by atoms with Crippen molar-refractivity contribution < 1.29 is 14.0 Å². The van der Waals surface area contributed by atoms with Gasteiger partial charge >= 0.3 is 0 Å². The molecule has 27 heavy (non-hydrogen) atoms. The molecule has 0 aliphatic carbocycles. The molecule has 0 aliphatic rings. The minimum Gasteiger partial charge on any atom is -0.368 e. The van der Waals surface area contributed by atoms with Crippen LogP contribution in [0.5, 0.6) is 0 Å². The van der Waals surface area contributed by atoms with Gasteiger partial charge in [-0.1, -0.05) is 44.2 Å². The van der Waals surface area contributed by atoms with E-state index in [9.17, 15) is 14.0 Å². The van der Waals surface area contributed by atoms with Crippen LogP contribution >= 0.6 is 0 Å². The largest absolute Gasteiger partial charge is 0.368 e. The normalized spacial score (nSPS) is 12.3. The minimum absolute atomic E-state index is 0.112. The fourth-order valence-electron chi connectivity index (χ4n) is 3.13. The van der Waals surface area contributed by atoms with E-state index in [0.29, 0.717) is 12.1 Å². The highest BCUT2D eigenvalue weighted by Gasteiger charge is 2.24. The highest BCUT2D eigenvalue weighted by molar-refractivity contribution is 6.08. The molecule has 2 amide bonds. The number of primary amides is 1. The minimum atomic E-state index is -0.739. The van der Waals surface area contributed by atoms with E-state index in [1.165, 1.54) is 12.1 Å². The number of nitrogens with one attached hydrogen (secondary N) is 1. The van der Waals surface area contributed by atoms with E-state index in [-0.39, 0.29) is 17.6 Å². The summed E-state index contributed by atoms with van der Waals surface area (Å²) in [5.74, 6) is -1.31. The number of nitrogens with zero attached hydrogens (tertiary/aromatic N) is 1. The highest BCUT2D eigenvalue weighted by Crippen LogP contribution is 2.23. The van der Waals surface area contributed by atoms with Crippen molar-refractivity contribution in [2.24, 2.45) is 11.7 Å². The van der Waals surface area contributed by atoms with E-state index in [0.717, 1.165) is 16.5 Å². The van der Waals surface area contributed by atoms with Crippen molar-refractivity contribution in [3.63, 3.8) is 0 Å². The second-order valence-corrected chi connectivity index (χ2v) is 6.91. The van der Waals surface area contributed by atoms with Gasteiger partial charge in [-0.2, -0.15) is 0 Å². The van der Waals surface area contributed by atoms with Gasteiger partial charge in [0.05, 0.1) is 5.56 Å². The van der Waals surface area contributed by atoms with Gasteiger partial charge in [0.25, 0.3) is 5.91 Å². The number of benzene rings is 2. The van der Waals surface area contributed by atoms with Crippen molar-refractivity contribution in [1.82, 2.24) is 9.88 Å². The maximum atomic E-state index is 13.1. The van der Waals surface area contributed by atoms with E-state index in [4.69, 9.17) is 5.73 Å². The molecule has 0 spiro atoms. The van der Waals surface area contributed by atoms with Crippen LogP contribution in [0.1, 0.15) is 29.8 Å². The number of fused-ring (bicyclic) bond motifs is 1. The average molecular weight is 367 g/mol. The van der Waals surface area contributed by atoms with Gasteiger partial charge in [-0.15, -0.1) is 0 Å². The zero-order chi connectivity index (χ0) is 19.6. The predicted octanol–water partition coefficient (Wildman–Crippen LogP) is 3.07. The number of carbonyl (C=O) groups excluding carboxylic acids is 2. The third-order valence-electron chi connectivity index (χ3n) is 4.56. The van der Waals surface area contributed by atoms with Crippen molar-refractivity contribution in [2.45, 2.75) is 26.4 Å². The molecule has 0 radical (unpaired) electrons. The van der Waals surface area contributed by atoms with Gasteiger partial charge in [-0.05, 0) is 29.7 Å². The van der Waals surface area contributed by atoms with Crippen molar-refractivity contribution in [3.05, 3.63) is 71.7 Å². The van der Waals surface area contributed by atoms with Crippen LogP contribution in [-0.2, 0) is 11.3 Å². The maximum Gasteiger partial charge on any atom is 0.254 e. The van der Waals surface area contributed by atoms with Gasteiger partial charge in [0.15, 0.2) is 0 Å². The van der Waals surface area contributed by atoms with Gasteiger partial charge in [0.2, 0.25) is 5.91 Å². The first-order valence-electron chi connectivity index (χ1n) is 8.79. The van der Waals surface area contributed by atoms with Crippen LogP contribution in [0.3, 0.4) is 0 Å². The molecular formula is C21H22FN3O2. The first kappa shape index (κ1) is 18.6. The lowest BCUT2D eigenvalue weighted by Gasteiger charge is -2.18. The molecule has 0 aliphatic heterocycles. The number of halogens is 1. The summed E-state index contributed by atoms with van der Waals surface area (Å²) in [6, 6.07) is 13.0. The van der Waals surface area contributed by atoms with Crippen LogP contribution < -0.4 is 11.1 Å². The van der Waals surface area contributed by atoms with Gasteiger partial charge in [-0.3, -0.25) is 9.59 Å². The summed E-state index contributed by atoms with van der Waals surface area (Å²) in [5.41, 5.74) is 7.68. The quantitative estimate of drug-likeness (QED) is 0.702. The van der Waals surface area contributed by atoms with Crippen LogP contribution in [0, 0.1) is 11.7 Å². The molecule has 0 saturated carbocycles. The number of carbonyl (C=O) groups is 2. The molecule has 1 heterocycles. The van der Waals surface area contributed by atoms with E-state index in [1.54, 1.807) is 18.3 Å². The first-order valence-corrected chi connectivity index (χ1v) is 8.79. The topological polar surface area (TPSA) is 77.1 Å². The summed E-state index contributed by atoms with van der Waals surface area (Å²) >= 11 is 0. The Labute approximate surface area is 157 Å². The lowest BCUT2D eigenvalue weighted by Crippen LogP contribution is -2.47. The third-order valence-corrected chi connectivity index (χ3v) is 4.56. The molecule has 0 bridgehead atoms. The molecule has 1 atom stereocenters. The van der Waals surface area contributed by atoms with E-state index >= 15 is 0 Å². The lowest BCUT2D eigenvalue weighted by molar-refractivity contribution is -0.120. The Kier molecular flexibility index (Phi) is 5.26. The Morgan fingerprint density at radius 3 is 2.41 bits per heavy atom. The zero-order valence-electron chi connectivity index (χ0n) is 15.3. The fraction of sp³-hybridized carbons (Fsp3) is 0.238. The van der Waals surface area contributed by atoms with Crippen molar-refractivity contribution in [2.75, 3.05) is 0 Å². The third kappa shape index (κ3) is 4.00. The summed E-state index contributed by atoms with van der Waals surface area (Å²) in [5, 5.41) is 3.51. The average Bonchev–Trinajstić information content (AvgIpc) is 3.00. The smallest absolute Gasteiger partial charge is 0.254 e. The number of nitrogens with two attached hydrogens (primary N) is 1. The van der Waals surface area contributed by atoms with Gasteiger partial charge in [0, 0.05) is 23.6 Å². The Morgan fingerprint density at radius 1 is 1.11 bits per heavy atom. The van der Waals surface area contributed by atoms with Gasteiger partial charge in [-0.25, -0.2) is 4.39 Å². The fourth-order valence-corrected chi connectivity index (χ4v) is 3.13. The first-order chi connectivity index (χ1) is 12.9. The number of rotatable bonds is 6. The number of aromatic nitrogens is 1. The SMILES string of the molecule is CC(C)[C@H](NC(=O)c1cn(Cc2ccc(F)cc2)c2ccccc12)C(N)=O. The van der Waals surface area contributed by atoms with Crippen LogP contribution in [0.25, 0.3) is 10.9 Å². The van der Waals surface area contributed by atoms with E-state index < -0.39 is 11.9 Å². The van der Waals surface area contributed by atoms with Crippen molar-refractivity contribution >= 4 is 22.7 Å². The Hall–Kier alpha value is -3.15. The summed E-state index contributed by atoms with van der Waals surface area (Å²) < 4.78 is 15.1. The molecule has 3 N–H and O–H groups in total. The Morgan fingerprint density at radius 2 is 1.78 bits per heavy atom. The van der Waals surface area contributed by atoms with Crippen LogP contribution in [0.15, 0.2) is 54.7 Å². The van der Waals surface area contributed by atoms with Crippen LogP contribution in [-0.4, -0.2) is 22.4 Å². The van der Waals surface area contributed by atoms with E-state index in [1.807, 2.05) is 42.7 Å². The van der Waals surface area contributed by atoms with Crippen LogP contribution in [0.2, 0.25) is 0 Å². The molecule has 2 aromatic carbocycles. The van der Waals surface area contributed by atoms with E-state index in [2.05, 4.69) is 5.32 Å². The Bertz CT molecular complexity index is 977. The standard InChI is InChI=1S/C21H22FN3O2/c1-13(2)19(20(23)26)24-21(27)17-12-25(18-6-4-3-5-16(17)18)11-14-7-9-15(22)10-8-14/h3-10,12-13,19H,11H2,1-2H3,(H2,23,26)(H,24,27)/t19-/m0/s1. The highest BCUT2D eigenvalue weighted by atomic mass is 19.1. The van der Waals surface area contributed by atoms with Crippen molar-refractivity contribution in [1.29, 1.82) is 0 Å². The second kappa shape index (κ2) is 7.61. The summed E-state index contributed by atoms with van der Waals surface area (Å²) in [4.78, 5) is 24.4. The predicted molar refractivity (Wildman–Crippen MR) is 103 cm³/mol.